The van der Waals surface area contributed by atoms with E-state index in [0.717, 1.165) is 6.42 Å². The van der Waals surface area contributed by atoms with Gasteiger partial charge in [0.1, 0.15) is 0 Å². The second-order valence-electron chi connectivity index (χ2n) is 8.16. The van der Waals surface area contributed by atoms with E-state index in [1.807, 2.05) is 41.5 Å². The molecule has 0 spiro atoms. The first-order chi connectivity index (χ1) is 11.5. The van der Waals surface area contributed by atoms with Gasteiger partial charge in [0.25, 0.3) is 0 Å². The molecule has 2 atom stereocenters. The third-order valence-electron chi connectivity index (χ3n) is 5.24. The molecule has 156 valence electrons. The van der Waals surface area contributed by atoms with Crippen molar-refractivity contribution in [2.45, 2.75) is 85.5 Å². The first-order valence-corrected chi connectivity index (χ1v) is 8.77. The lowest BCUT2D eigenvalue weighted by Gasteiger charge is -2.37. The zero-order chi connectivity index (χ0) is 21.0. The summed E-state index contributed by atoms with van der Waals surface area (Å²) < 4.78 is 80.3. The van der Waals surface area contributed by atoms with Crippen LogP contribution in [0.3, 0.4) is 0 Å². The van der Waals surface area contributed by atoms with Crippen molar-refractivity contribution in [1.29, 1.82) is 0 Å². The van der Waals surface area contributed by atoms with Crippen LogP contribution in [0.4, 0.5) is 26.3 Å². The Hall–Kier alpha value is -0.950. The lowest BCUT2D eigenvalue weighted by molar-refractivity contribution is -0.304. The number of alkyl halides is 6. The summed E-state index contributed by atoms with van der Waals surface area (Å²) in [5.41, 5.74) is -0.628. The third kappa shape index (κ3) is 6.65. The Morgan fingerprint density at radius 3 is 1.85 bits per heavy atom. The van der Waals surface area contributed by atoms with Gasteiger partial charge in [0.15, 0.2) is 6.17 Å². The van der Waals surface area contributed by atoms with E-state index in [-0.39, 0.29) is 5.41 Å². The second kappa shape index (κ2) is 8.83. The lowest BCUT2D eigenvalue weighted by atomic mass is 9.68. The molecule has 2 unspecified atom stereocenters. The maximum atomic E-state index is 13.3. The van der Waals surface area contributed by atoms with Crippen molar-refractivity contribution < 1.29 is 35.9 Å². The Morgan fingerprint density at radius 2 is 1.46 bits per heavy atom. The highest BCUT2D eigenvalue weighted by atomic mass is 19.4. The number of ether oxygens (including phenoxy) is 1. The molecule has 0 saturated carbocycles. The minimum Gasteiger partial charge on any atom is -0.465 e. The number of carbonyl (C=O) groups excluding carboxylic acids is 1. The molecule has 0 aliphatic carbocycles. The van der Waals surface area contributed by atoms with Gasteiger partial charge in [0.2, 0.25) is 0 Å². The van der Waals surface area contributed by atoms with Crippen LogP contribution in [-0.4, -0.2) is 30.8 Å². The van der Waals surface area contributed by atoms with Crippen molar-refractivity contribution in [2.75, 3.05) is 6.61 Å². The fourth-order valence-electron chi connectivity index (χ4n) is 2.34. The molecule has 2 nitrogen and oxygen atoms in total. The summed E-state index contributed by atoms with van der Waals surface area (Å²) >= 11 is 0. The van der Waals surface area contributed by atoms with Crippen LogP contribution in [0.25, 0.3) is 0 Å². The van der Waals surface area contributed by atoms with Crippen LogP contribution in [0.15, 0.2) is 0 Å². The summed E-state index contributed by atoms with van der Waals surface area (Å²) in [5, 5.41) is 0. The van der Waals surface area contributed by atoms with Gasteiger partial charge in [0.05, 0.1) is 12.5 Å². The van der Waals surface area contributed by atoms with E-state index in [1.165, 1.54) is 0 Å². The number of esters is 1. The van der Waals surface area contributed by atoms with E-state index >= 15 is 0 Å². The van der Waals surface area contributed by atoms with Gasteiger partial charge < -0.3 is 4.74 Å². The van der Waals surface area contributed by atoms with Gasteiger partial charge in [-0.25, -0.2) is 4.39 Å². The number of hydrogen-bond donors (Lipinski definition) is 0. The predicted molar refractivity (Wildman–Crippen MR) is 87.7 cm³/mol. The van der Waals surface area contributed by atoms with Crippen molar-refractivity contribution >= 4 is 5.97 Å². The van der Waals surface area contributed by atoms with Crippen LogP contribution in [0.2, 0.25) is 0 Å². The minimum atomic E-state index is -5.98. The maximum absolute atomic E-state index is 13.3. The summed E-state index contributed by atoms with van der Waals surface area (Å²) in [6.45, 7) is 10.7. The quantitative estimate of drug-likeness (QED) is 0.321. The van der Waals surface area contributed by atoms with Crippen molar-refractivity contribution in [2.24, 2.45) is 16.7 Å². The predicted octanol–water partition coefficient (Wildman–Crippen LogP) is 6.33. The molecule has 0 aliphatic rings. The van der Waals surface area contributed by atoms with E-state index in [2.05, 4.69) is 0 Å². The third-order valence-corrected chi connectivity index (χ3v) is 5.24. The van der Waals surface area contributed by atoms with E-state index in [1.54, 1.807) is 0 Å². The van der Waals surface area contributed by atoms with E-state index in [9.17, 15) is 31.1 Å². The van der Waals surface area contributed by atoms with Crippen LogP contribution in [0.5, 0.6) is 0 Å². The topological polar surface area (TPSA) is 26.3 Å². The largest absolute Gasteiger partial charge is 0.465 e. The first kappa shape index (κ1) is 25.1. The highest BCUT2D eigenvalue weighted by Gasteiger charge is 2.63. The summed E-state index contributed by atoms with van der Waals surface area (Å²) in [4.78, 5) is 12.4. The van der Waals surface area contributed by atoms with Gasteiger partial charge >= 0.3 is 18.1 Å². The van der Waals surface area contributed by atoms with Crippen LogP contribution >= 0.6 is 0 Å². The van der Waals surface area contributed by atoms with Crippen LogP contribution in [0, 0.1) is 16.7 Å². The van der Waals surface area contributed by atoms with Crippen molar-refractivity contribution in [1.82, 2.24) is 0 Å². The Bertz CT molecular complexity index is 457. The van der Waals surface area contributed by atoms with Crippen LogP contribution in [-0.2, 0) is 9.53 Å². The van der Waals surface area contributed by atoms with Gasteiger partial charge in [-0.1, -0.05) is 54.4 Å². The lowest BCUT2D eigenvalue weighted by Crippen LogP contribution is -2.45. The van der Waals surface area contributed by atoms with Gasteiger partial charge in [-0.05, 0) is 17.3 Å². The molecular formula is C18H30F6O2. The van der Waals surface area contributed by atoms with Crippen molar-refractivity contribution in [3.63, 3.8) is 0 Å². The highest BCUT2D eigenvalue weighted by molar-refractivity contribution is 5.73. The summed E-state index contributed by atoms with van der Waals surface area (Å²) in [7, 11) is 0. The number of halogens is 6. The highest BCUT2D eigenvalue weighted by Crippen LogP contribution is 2.42. The maximum Gasteiger partial charge on any atom is 0.456 e. The fraction of sp³-hybridized carbons (Fsp3) is 0.944. The SMILES string of the molecule is CCC(C)(C)CC(C(=O)OCCC(F)C(F)(F)C(F)(F)F)C(C)(C)CC. The standard InChI is InChI=1S/C18H30F6O2/c1-7-15(3,4)11-12(16(5,6)8-2)14(25)26-10-9-13(19)17(20,21)18(22,23)24/h12-13H,7-11H2,1-6H3. The molecule has 0 heterocycles. The smallest absolute Gasteiger partial charge is 0.456 e. The fourth-order valence-corrected chi connectivity index (χ4v) is 2.34. The second-order valence-corrected chi connectivity index (χ2v) is 8.16. The normalized spacial score (nSPS) is 16.3. The van der Waals surface area contributed by atoms with Gasteiger partial charge in [-0.3, -0.25) is 4.79 Å². The Balaban J connectivity index is 4.98. The molecule has 0 saturated heterocycles. The molecule has 0 rings (SSSR count). The van der Waals surface area contributed by atoms with Crippen LogP contribution in [0.1, 0.15) is 67.2 Å². The van der Waals surface area contributed by atoms with E-state index in [4.69, 9.17) is 4.74 Å². The first-order valence-electron chi connectivity index (χ1n) is 8.77. The summed E-state index contributed by atoms with van der Waals surface area (Å²) in [5.74, 6) is -6.73. The van der Waals surface area contributed by atoms with Crippen molar-refractivity contribution in [3.05, 3.63) is 0 Å². The minimum absolute atomic E-state index is 0.179. The average molecular weight is 392 g/mol. The molecule has 0 aromatic heterocycles. The molecule has 0 bridgehead atoms. The average Bonchev–Trinajstić information content (AvgIpc) is 2.51. The number of hydrogen-bond acceptors (Lipinski definition) is 2. The molecule has 8 heteroatoms. The molecule has 0 aromatic carbocycles. The van der Waals surface area contributed by atoms with Crippen molar-refractivity contribution in [3.8, 4) is 0 Å². The zero-order valence-electron chi connectivity index (χ0n) is 16.3. The molecule has 0 radical (unpaired) electrons. The zero-order valence-corrected chi connectivity index (χ0v) is 16.3. The Labute approximate surface area is 151 Å². The molecule has 0 amide bonds. The van der Waals surface area contributed by atoms with Crippen LogP contribution < -0.4 is 0 Å². The van der Waals surface area contributed by atoms with Gasteiger partial charge in [-0.15, -0.1) is 0 Å². The molecule has 26 heavy (non-hydrogen) atoms. The number of carbonyl (C=O) groups is 1. The number of rotatable bonds is 10. The van der Waals surface area contributed by atoms with Gasteiger partial charge in [0, 0.05) is 6.42 Å². The molecular weight excluding hydrogens is 362 g/mol. The summed E-state index contributed by atoms with van der Waals surface area (Å²) in [6, 6.07) is 0. The van der Waals surface area contributed by atoms with Gasteiger partial charge in [-0.2, -0.15) is 22.0 Å². The Morgan fingerprint density at radius 1 is 0.962 bits per heavy atom. The Kier molecular flexibility index (Phi) is 8.50. The van der Waals surface area contributed by atoms with E-state index < -0.39 is 48.6 Å². The molecule has 0 aromatic rings. The molecule has 0 N–H and O–H groups in total. The molecule has 0 aliphatic heterocycles. The molecule has 0 fully saturated rings. The monoisotopic (exact) mass is 392 g/mol. The summed E-state index contributed by atoms with van der Waals surface area (Å²) in [6.07, 6.45) is -8.74. The van der Waals surface area contributed by atoms with E-state index in [0.29, 0.717) is 12.8 Å².